The van der Waals surface area contributed by atoms with Crippen molar-refractivity contribution in [3.05, 3.63) is 83.9 Å². The summed E-state index contributed by atoms with van der Waals surface area (Å²) < 4.78 is 19.4. The molecule has 1 saturated heterocycles. The minimum atomic E-state index is -0.285. The summed E-state index contributed by atoms with van der Waals surface area (Å²) in [5, 5.41) is 0.820. The number of aromatic nitrogens is 2. The topological polar surface area (TPSA) is 58.2 Å². The van der Waals surface area contributed by atoms with Crippen LogP contribution in [0.15, 0.2) is 67.0 Å². The van der Waals surface area contributed by atoms with Gasteiger partial charge in [-0.1, -0.05) is 0 Å². The second kappa shape index (κ2) is 9.06. The monoisotopic (exact) mass is 443 g/mol. The van der Waals surface area contributed by atoms with Crippen LogP contribution in [0.1, 0.15) is 36.4 Å². The van der Waals surface area contributed by atoms with E-state index >= 15 is 0 Å². The lowest BCUT2D eigenvalue weighted by Crippen LogP contribution is -2.30. The zero-order valence-corrected chi connectivity index (χ0v) is 18.6. The maximum atomic E-state index is 14.1. The molecular weight excluding hydrogens is 417 g/mol. The predicted octanol–water partition coefficient (Wildman–Crippen LogP) is 5.67. The predicted molar refractivity (Wildman–Crippen MR) is 126 cm³/mol. The third kappa shape index (κ3) is 4.21. The van der Waals surface area contributed by atoms with Crippen LogP contribution in [0.5, 0.6) is 5.75 Å². The molecule has 4 aromatic rings. The second-order valence-electron chi connectivity index (χ2n) is 8.42. The molecule has 3 heterocycles. The molecule has 5 nitrogen and oxygen atoms in total. The minimum absolute atomic E-state index is 0.0990. The van der Waals surface area contributed by atoms with Crippen LogP contribution < -0.4 is 4.74 Å². The Bertz CT molecular complexity index is 1270. The van der Waals surface area contributed by atoms with Crippen molar-refractivity contribution in [2.45, 2.75) is 31.7 Å². The van der Waals surface area contributed by atoms with Crippen LogP contribution in [0.2, 0.25) is 0 Å². The first-order valence-corrected chi connectivity index (χ1v) is 11.3. The highest BCUT2D eigenvalue weighted by Gasteiger charge is 2.30. The van der Waals surface area contributed by atoms with Crippen molar-refractivity contribution in [3.63, 3.8) is 0 Å². The molecule has 0 spiro atoms. The smallest absolute Gasteiger partial charge is 0.223 e. The molecule has 6 heteroatoms. The number of hydrogen-bond acceptors (Lipinski definition) is 3. The zero-order chi connectivity index (χ0) is 22.8. The van der Waals surface area contributed by atoms with Gasteiger partial charge in [-0.3, -0.25) is 9.78 Å². The Morgan fingerprint density at radius 3 is 2.70 bits per heavy atom. The number of rotatable bonds is 6. The summed E-state index contributed by atoms with van der Waals surface area (Å²) in [7, 11) is 1.63. The van der Waals surface area contributed by atoms with Gasteiger partial charge in [-0.15, -0.1) is 0 Å². The van der Waals surface area contributed by atoms with Crippen molar-refractivity contribution in [2.24, 2.45) is 0 Å². The molecule has 1 fully saturated rings. The summed E-state index contributed by atoms with van der Waals surface area (Å²) >= 11 is 0. The molecule has 1 N–H and O–H groups in total. The molecule has 5 rings (SSSR count). The van der Waals surface area contributed by atoms with Gasteiger partial charge in [-0.25, -0.2) is 4.39 Å². The Kier molecular flexibility index (Phi) is 5.82. The van der Waals surface area contributed by atoms with Gasteiger partial charge < -0.3 is 14.6 Å². The number of halogens is 1. The van der Waals surface area contributed by atoms with Crippen molar-refractivity contribution < 1.29 is 13.9 Å². The Hall–Kier alpha value is -3.67. The highest BCUT2D eigenvalue weighted by Crippen LogP contribution is 2.35. The number of amides is 1. The molecule has 168 valence electrons. The maximum Gasteiger partial charge on any atom is 0.223 e. The number of pyridine rings is 1. The van der Waals surface area contributed by atoms with E-state index in [1.54, 1.807) is 31.6 Å². The average Bonchev–Trinajstić information content (AvgIpc) is 3.48. The quantitative estimate of drug-likeness (QED) is 0.417. The van der Waals surface area contributed by atoms with Crippen molar-refractivity contribution in [1.82, 2.24) is 14.9 Å². The lowest BCUT2D eigenvalue weighted by atomic mass is 10.00. The largest absolute Gasteiger partial charge is 0.497 e. The molecule has 0 aliphatic carbocycles. The third-order valence-electron chi connectivity index (χ3n) is 6.50. The van der Waals surface area contributed by atoms with Gasteiger partial charge in [-0.2, -0.15) is 0 Å². The Morgan fingerprint density at radius 2 is 1.94 bits per heavy atom. The van der Waals surface area contributed by atoms with Crippen LogP contribution in [0, 0.1) is 5.82 Å². The summed E-state index contributed by atoms with van der Waals surface area (Å²) in [6.45, 7) is 0.764. The van der Waals surface area contributed by atoms with E-state index in [-0.39, 0.29) is 17.8 Å². The first-order valence-electron chi connectivity index (χ1n) is 11.3. The van der Waals surface area contributed by atoms with Crippen LogP contribution in [0.4, 0.5) is 4.39 Å². The summed E-state index contributed by atoms with van der Waals surface area (Å²) in [4.78, 5) is 22.8. The summed E-state index contributed by atoms with van der Waals surface area (Å²) in [6, 6.07) is 16.6. The first-order chi connectivity index (χ1) is 16.1. The number of carbonyl (C=O) groups is 1. The summed E-state index contributed by atoms with van der Waals surface area (Å²) in [6.07, 6.45) is 6.41. The van der Waals surface area contributed by atoms with E-state index in [4.69, 9.17) is 4.74 Å². The molecule has 1 atom stereocenters. The van der Waals surface area contributed by atoms with E-state index in [1.165, 1.54) is 6.07 Å². The molecule has 1 amide bonds. The van der Waals surface area contributed by atoms with E-state index in [0.29, 0.717) is 12.8 Å². The van der Waals surface area contributed by atoms with Crippen LogP contribution in [-0.2, 0) is 11.2 Å². The lowest BCUT2D eigenvalue weighted by molar-refractivity contribution is -0.132. The average molecular weight is 444 g/mol. The number of carbonyl (C=O) groups excluding carboxylic acids is 1. The minimum Gasteiger partial charge on any atom is -0.497 e. The number of nitrogens with zero attached hydrogens (tertiary/aromatic N) is 2. The number of H-pyrrole nitrogens is 1. The van der Waals surface area contributed by atoms with E-state index in [0.717, 1.165) is 58.4 Å². The zero-order valence-electron chi connectivity index (χ0n) is 18.6. The Labute approximate surface area is 192 Å². The van der Waals surface area contributed by atoms with Gasteiger partial charge in [0, 0.05) is 42.0 Å². The molecule has 1 aliphatic heterocycles. The van der Waals surface area contributed by atoms with Gasteiger partial charge in [0.15, 0.2) is 0 Å². The van der Waals surface area contributed by atoms with E-state index in [2.05, 4.69) is 9.97 Å². The normalized spacial score (nSPS) is 15.8. The fourth-order valence-corrected chi connectivity index (χ4v) is 4.86. The number of nitrogens with one attached hydrogen (secondary N) is 1. The van der Waals surface area contributed by atoms with Crippen molar-refractivity contribution >= 4 is 16.8 Å². The highest BCUT2D eigenvalue weighted by molar-refractivity contribution is 5.91. The summed E-state index contributed by atoms with van der Waals surface area (Å²) in [5.41, 5.74) is 4.84. The first kappa shape index (κ1) is 21.2. The lowest BCUT2D eigenvalue weighted by Gasteiger charge is -2.25. The molecule has 0 bridgehead atoms. The second-order valence-corrected chi connectivity index (χ2v) is 8.42. The molecule has 1 unspecified atom stereocenters. The number of aryl methyl sites for hydroxylation is 1. The van der Waals surface area contributed by atoms with Gasteiger partial charge in [0.2, 0.25) is 5.91 Å². The van der Waals surface area contributed by atoms with Gasteiger partial charge in [0.05, 0.1) is 13.2 Å². The number of methoxy groups -OCH3 is 1. The number of benzene rings is 2. The number of likely N-dealkylation sites (tertiary alicyclic amines) is 1. The summed E-state index contributed by atoms with van der Waals surface area (Å²) in [5.74, 6) is 0.613. The van der Waals surface area contributed by atoms with E-state index in [9.17, 15) is 9.18 Å². The van der Waals surface area contributed by atoms with E-state index < -0.39 is 0 Å². The molecule has 0 radical (unpaired) electrons. The van der Waals surface area contributed by atoms with Crippen molar-refractivity contribution in [2.75, 3.05) is 13.7 Å². The number of hydrogen-bond donors (Lipinski definition) is 1. The Morgan fingerprint density at radius 1 is 1.15 bits per heavy atom. The number of fused-ring (bicyclic) bond motifs is 1. The SMILES string of the molecule is COc1ccc(-c2[nH]c3ccc(F)cc3c2CCC(=O)N2CCCC2c2ccncc2)cc1. The molecule has 2 aromatic heterocycles. The van der Waals surface area contributed by atoms with E-state index in [1.807, 2.05) is 41.3 Å². The van der Waals surface area contributed by atoms with Crippen LogP contribution in [0.3, 0.4) is 0 Å². The molecule has 2 aromatic carbocycles. The molecule has 33 heavy (non-hydrogen) atoms. The number of ether oxygens (including phenoxy) is 1. The van der Waals surface area contributed by atoms with Crippen LogP contribution in [-0.4, -0.2) is 34.4 Å². The van der Waals surface area contributed by atoms with Gasteiger partial charge in [0.25, 0.3) is 0 Å². The molecule has 0 saturated carbocycles. The molecule has 1 aliphatic rings. The fourth-order valence-electron chi connectivity index (χ4n) is 4.86. The van der Waals surface area contributed by atoms with Gasteiger partial charge >= 0.3 is 0 Å². The van der Waals surface area contributed by atoms with Crippen molar-refractivity contribution in [3.8, 4) is 17.0 Å². The number of aromatic amines is 1. The van der Waals surface area contributed by atoms with Gasteiger partial charge in [0.1, 0.15) is 11.6 Å². The fraction of sp³-hybridized carbons (Fsp3) is 0.259. The highest BCUT2D eigenvalue weighted by atomic mass is 19.1. The maximum absolute atomic E-state index is 14.1. The third-order valence-corrected chi connectivity index (χ3v) is 6.50. The molecular formula is C27H26FN3O2. The van der Waals surface area contributed by atoms with Crippen molar-refractivity contribution in [1.29, 1.82) is 0 Å². The van der Waals surface area contributed by atoms with Crippen LogP contribution >= 0.6 is 0 Å². The standard InChI is InChI=1S/C27H26FN3O2/c1-33-21-7-4-19(5-8-21)27-22(23-17-20(28)6-10-24(23)30-27)9-11-26(32)31-16-2-3-25(31)18-12-14-29-15-13-18/h4-8,10,12-15,17,25,30H,2-3,9,11,16H2,1H3. The van der Waals surface area contributed by atoms with Crippen LogP contribution in [0.25, 0.3) is 22.2 Å². The van der Waals surface area contributed by atoms with Gasteiger partial charge in [-0.05, 0) is 90.6 Å². The Balaban J connectivity index is 1.43.